The number of hydrogen-bond donors (Lipinski definition) is 1. The quantitative estimate of drug-likeness (QED) is 0.698. The van der Waals surface area contributed by atoms with Crippen LogP contribution in [0, 0.1) is 17.1 Å². The number of rotatable bonds is 2. The van der Waals surface area contributed by atoms with Gasteiger partial charge in [-0.3, -0.25) is 0 Å². The third-order valence-electron chi connectivity index (χ3n) is 1.29. The molecule has 0 unspecified atom stereocenters. The lowest BCUT2D eigenvalue weighted by Gasteiger charge is -2.01. The van der Waals surface area contributed by atoms with Gasteiger partial charge in [-0.2, -0.15) is 5.26 Å². The molecule has 0 radical (unpaired) electrons. The zero-order valence-electron chi connectivity index (χ0n) is 5.75. The Balaban J connectivity index is 2.77. The monoisotopic (exact) mass is 154 g/mol. The van der Waals surface area contributed by atoms with E-state index in [4.69, 9.17) is 15.4 Å². The van der Waals surface area contributed by atoms with E-state index in [1.807, 2.05) is 6.07 Å². The number of furan rings is 1. The predicted molar refractivity (Wildman–Crippen MR) is 35.8 cm³/mol. The number of hydrogen-bond acceptors (Lipinski definition) is 3. The van der Waals surface area contributed by atoms with Crippen molar-refractivity contribution >= 4 is 0 Å². The fourth-order valence-electron chi connectivity index (χ4n) is 0.761. The van der Waals surface area contributed by atoms with Gasteiger partial charge in [-0.05, 0) is 0 Å². The van der Waals surface area contributed by atoms with E-state index in [2.05, 4.69) is 0 Å². The molecular weight excluding hydrogens is 147 g/mol. The zero-order valence-corrected chi connectivity index (χ0v) is 5.75. The highest BCUT2D eigenvalue weighted by molar-refractivity contribution is 5.08. The molecule has 58 valence electrons. The van der Waals surface area contributed by atoms with Gasteiger partial charge >= 0.3 is 0 Å². The minimum atomic E-state index is -0.657. The average molecular weight is 154 g/mol. The van der Waals surface area contributed by atoms with Crippen LogP contribution in [0.2, 0.25) is 0 Å². The Morgan fingerprint density at radius 3 is 3.00 bits per heavy atom. The molecule has 0 aliphatic rings. The van der Waals surface area contributed by atoms with E-state index < -0.39 is 11.9 Å². The Kier molecular flexibility index (Phi) is 2.24. The van der Waals surface area contributed by atoms with Crippen molar-refractivity contribution in [3.8, 4) is 6.07 Å². The van der Waals surface area contributed by atoms with E-state index in [9.17, 15) is 4.39 Å². The normalized spacial score (nSPS) is 12.5. The van der Waals surface area contributed by atoms with E-state index in [1.165, 1.54) is 12.3 Å². The third kappa shape index (κ3) is 1.57. The molecule has 1 aromatic heterocycles. The molecule has 0 saturated heterocycles. The van der Waals surface area contributed by atoms with Crippen molar-refractivity contribution in [1.29, 1.82) is 5.26 Å². The Hall–Kier alpha value is -1.34. The van der Waals surface area contributed by atoms with Gasteiger partial charge in [-0.1, -0.05) is 0 Å². The van der Waals surface area contributed by atoms with Crippen molar-refractivity contribution in [2.75, 3.05) is 0 Å². The van der Waals surface area contributed by atoms with E-state index in [1.54, 1.807) is 0 Å². The zero-order chi connectivity index (χ0) is 8.27. The topological polar surface area (TPSA) is 63.0 Å². The highest BCUT2D eigenvalue weighted by Crippen LogP contribution is 2.17. The lowest BCUT2D eigenvalue weighted by molar-refractivity contribution is 0.436. The summed E-state index contributed by atoms with van der Waals surface area (Å²) in [6.45, 7) is 0. The smallest absolute Gasteiger partial charge is 0.166 e. The van der Waals surface area contributed by atoms with Crippen LogP contribution in [-0.2, 0) is 0 Å². The highest BCUT2D eigenvalue weighted by atomic mass is 19.1. The van der Waals surface area contributed by atoms with Crippen molar-refractivity contribution in [3.63, 3.8) is 0 Å². The van der Waals surface area contributed by atoms with Gasteiger partial charge in [0.15, 0.2) is 11.6 Å². The van der Waals surface area contributed by atoms with Gasteiger partial charge in [-0.25, -0.2) is 4.39 Å². The second-order valence-corrected chi connectivity index (χ2v) is 2.10. The third-order valence-corrected chi connectivity index (χ3v) is 1.29. The van der Waals surface area contributed by atoms with E-state index >= 15 is 0 Å². The Labute approximate surface area is 63.2 Å². The summed E-state index contributed by atoms with van der Waals surface area (Å²) in [6.07, 6.45) is 1.27. The molecule has 3 nitrogen and oxygen atoms in total. The molecule has 1 heterocycles. The first-order valence-electron chi connectivity index (χ1n) is 3.11. The van der Waals surface area contributed by atoms with E-state index in [0.717, 1.165) is 0 Å². The summed E-state index contributed by atoms with van der Waals surface area (Å²) in [5.74, 6) is -0.445. The van der Waals surface area contributed by atoms with E-state index in [-0.39, 0.29) is 12.2 Å². The standard InChI is InChI=1S/C7H7FN2O/c8-5-2-4-11-7(5)6(10)1-3-9/h2,4,6H,1,10H2/t6-/m1/s1. The molecular formula is C7H7FN2O. The largest absolute Gasteiger partial charge is 0.464 e. The summed E-state index contributed by atoms with van der Waals surface area (Å²) < 4.78 is 17.4. The van der Waals surface area contributed by atoms with Crippen LogP contribution in [0.4, 0.5) is 4.39 Å². The molecule has 1 rings (SSSR count). The summed E-state index contributed by atoms with van der Waals surface area (Å²) in [6, 6.07) is 2.35. The molecule has 0 aromatic carbocycles. The molecule has 0 fully saturated rings. The maximum atomic E-state index is 12.6. The average Bonchev–Trinajstić information content (AvgIpc) is 2.36. The van der Waals surface area contributed by atoms with Crippen molar-refractivity contribution in [2.24, 2.45) is 5.73 Å². The highest BCUT2D eigenvalue weighted by Gasteiger charge is 2.13. The van der Waals surface area contributed by atoms with Gasteiger partial charge < -0.3 is 10.2 Å². The van der Waals surface area contributed by atoms with Gasteiger partial charge in [0.25, 0.3) is 0 Å². The molecule has 2 N–H and O–H groups in total. The fraction of sp³-hybridized carbons (Fsp3) is 0.286. The van der Waals surface area contributed by atoms with Crippen molar-refractivity contribution in [3.05, 3.63) is 23.9 Å². The van der Waals surface area contributed by atoms with Crippen LogP contribution in [-0.4, -0.2) is 0 Å². The van der Waals surface area contributed by atoms with Crippen molar-refractivity contribution in [2.45, 2.75) is 12.5 Å². The molecule has 0 aliphatic carbocycles. The van der Waals surface area contributed by atoms with Crippen LogP contribution < -0.4 is 5.73 Å². The molecule has 11 heavy (non-hydrogen) atoms. The fourth-order valence-corrected chi connectivity index (χ4v) is 0.761. The van der Waals surface area contributed by atoms with Gasteiger partial charge in [0.1, 0.15) is 0 Å². The van der Waals surface area contributed by atoms with Gasteiger partial charge in [0.2, 0.25) is 0 Å². The molecule has 4 heteroatoms. The van der Waals surface area contributed by atoms with Gasteiger partial charge in [-0.15, -0.1) is 0 Å². The number of nitrogens with two attached hydrogens (primary N) is 1. The molecule has 1 aromatic rings. The SMILES string of the molecule is N#CC[C@@H](N)c1occc1F. The lowest BCUT2D eigenvalue weighted by atomic mass is 10.2. The van der Waals surface area contributed by atoms with Crippen molar-refractivity contribution < 1.29 is 8.81 Å². The van der Waals surface area contributed by atoms with E-state index in [0.29, 0.717) is 0 Å². The molecule has 0 amide bonds. The molecule has 0 spiro atoms. The number of halogens is 1. The Bertz CT molecular complexity index is 276. The maximum Gasteiger partial charge on any atom is 0.166 e. The van der Waals surface area contributed by atoms with Crippen LogP contribution in [0.1, 0.15) is 18.2 Å². The van der Waals surface area contributed by atoms with Crippen LogP contribution in [0.25, 0.3) is 0 Å². The lowest BCUT2D eigenvalue weighted by Crippen LogP contribution is -2.09. The molecule has 0 saturated carbocycles. The minimum Gasteiger partial charge on any atom is -0.464 e. The second kappa shape index (κ2) is 3.17. The molecule has 0 aliphatic heterocycles. The summed E-state index contributed by atoms with van der Waals surface area (Å²) in [7, 11) is 0. The minimum absolute atomic E-state index is 0.0477. The number of nitriles is 1. The predicted octanol–water partition coefficient (Wildman–Crippen LogP) is 1.33. The first kappa shape index (κ1) is 7.76. The Morgan fingerprint density at radius 1 is 1.82 bits per heavy atom. The van der Waals surface area contributed by atoms with Gasteiger partial charge in [0, 0.05) is 6.07 Å². The first-order valence-corrected chi connectivity index (χ1v) is 3.11. The first-order chi connectivity index (χ1) is 5.25. The summed E-state index contributed by atoms with van der Waals surface area (Å²) in [5, 5.41) is 8.23. The van der Waals surface area contributed by atoms with Crippen LogP contribution in [0.3, 0.4) is 0 Å². The van der Waals surface area contributed by atoms with Crippen LogP contribution in [0.15, 0.2) is 16.7 Å². The number of nitrogens with zero attached hydrogens (tertiary/aromatic N) is 1. The summed E-state index contributed by atoms with van der Waals surface area (Å²) in [4.78, 5) is 0. The second-order valence-electron chi connectivity index (χ2n) is 2.10. The molecule has 0 bridgehead atoms. The van der Waals surface area contributed by atoms with Crippen molar-refractivity contribution in [1.82, 2.24) is 0 Å². The van der Waals surface area contributed by atoms with Crippen LogP contribution in [0.5, 0.6) is 0 Å². The summed E-state index contributed by atoms with van der Waals surface area (Å²) >= 11 is 0. The Morgan fingerprint density at radius 2 is 2.55 bits per heavy atom. The van der Waals surface area contributed by atoms with Crippen LogP contribution >= 0.6 is 0 Å². The molecule has 1 atom stereocenters. The maximum absolute atomic E-state index is 12.6. The van der Waals surface area contributed by atoms with Gasteiger partial charge in [0.05, 0.1) is 24.8 Å². The summed E-state index contributed by atoms with van der Waals surface area (Å²) in [5.41, 5.74) is 5.39.